The molecule has 0 aliphatic carbocycles. The molecule has 6 heteroatoms. The van der Waals surface area contributed by atoms with E-state index in [4.69, 9.17) is 5.73 Å². The molecule has 2 N–H and O–H groups in total. The third-order valence-corrected chi connectivity index (χ3v) is 5.34. The minimum atomic E-state index is 0.0642. The molecule has 6 nitrogen and oxygen atoms in total. The summed E-state index contributed by atoms with van der Waals surface area (Å²) < 4.78 is 2.25. The van der Waals surface area contributed by atoms with Gasteiger partial charge in [-0.25, -0.2) is 0 Å². The van der Waals surface area contributed by atoms with Gasteiger partial charge in [0, 0.05) is 25.2 Å². The Morgan fingerprint density at radius 3 is 2.72 bits per heavy atom. The maximum atomic E-state index is 13.0. The fourth-order valence-electron chi connectivity index (χ4n) is 3.99. The monoisotopic (exact) mass is 339 g/mol. The molecular weight excluding hydrogens is 314 g/mol. The number of nitrogens with two attached hydrogens (primary N) is 1. The number of aryl methyl sites for hydroxylation is 1. The number of nitrogen functional groups attached to an aromatic ring is 1. The lowest BCUT2D eigenvalue weighted by atomic mass is 9.99. The Balaban J connectivity index is 1.55. The molecule has 1 fully saturated rings. The molecule has 0 radical (unpaired) electrons. The molecule has 1 saturated heterocycles. The second-order valence-electron chi connectivity index (χ2n) is 7.10. The quantitative estimate of drug-likeness (QED) is 0.872. The van der Waals surface area contributed by atoms with E-state index in [-0.39, 0.29) is 11.9 Å². The van der Waals surface area contributed by atoms with E-state index in [2.05, 4.69) is 14.8 Å². The molecule has 2 aliphatic heterocycles. The fraction of sp³-hybridized carbons (Fsp3) is 0.526. The number of benzene rings is 1. The topological polar surface area (TPSA) is 77.0 Å². The smallest absolute Gasteiger partial charge is 0.227 e. The number of likely N-dealkylation sites (tertiary alicyclic amines) is 1. The predicted molar refractivity (Wildman–Crippen MR) is 95.8 cm³/mol. The minimum Gasteiger partial charge on any atom is -0.399 e. The van der Waals surface area contributed by atoms with Crippen LogP contribution in [0, 0.1) is 0 Å². The Kier molecular flexibility index (Phi) is 4.42. The lowest BCUT2D eigenvalue weighted by molar-refractivity contribution is -0.134. The van der Waals surface area contributed by atoms with Gasteiger partial charge < -0.3 is 15.2 Å². The van der Waals surface area contributed by atoms with E-state index >= 15 is 0 Å². The fourth-order valence-corrected chi connectivity index (χ4v) is 3.99. The SMILES string of the molecule is Nc1ccc(CC(=O)N2CCCCC2c2nnc3n2CCCC3)cc1. The summed E-state index contributed by atoms with van der Waals surface area (Å²) in [5.74, 6) is 2.24. The first-order chi connectivity index (χ1) is 12.2. The lowest BCUT2D eigenvalue weighted by Gasteiger charge is -2.35. The van der Waals surface area contributed by atoms with Gasteiger partial charge in [0.25, 0.3) is 0 Å². The molecule has 0 bridgehead atoms. The summed E-state index contributed by atoms with van der Waals surface area (Å²) in [5, 5.41) is 8.86. The standard InChI is InChI=1S/C19H25N5O/c20-15-9-7-14(8-10-15)13-18(25)23-11-3-1-5-16(23)19-22-21-17-6-2-4-12-24(17)19/h7-10,16H,1-6,11-13,20H2. The van der Waals surface area contributed by atoms with Gasteiger partial charge in [0.2, 0.25) is 5.91 Å². The predicted octanol–water partition coefficient (Wildman–Crippen LogP) is 2.49. The van der Waals surface area contributed by atoms with Crippen molar-refractivity contribution in [3.8, 4) is 0 Å². The Bertz CT molecular complexity index is 752. The Hall–Kier alpha value is -2.37. The summed E-state index contributed by atoms with van der Waals surface area (Å²) >= 11 is 0. The summed E-state index contributed by atoms with van der Waals surface area (Å²) in [4.78, 5) is 15.0. The van der Waals surface area contributed by atoms with Crippen molar-refractivity contribution in [2.24, 2.45) is 0 Å². The van der Waals surface area contributed by atoms with Crippen molar-refractivity contribution in [1.82, 2.24) is 19.7 Å². The van der Waals surface area contributed by atoms with Gasteiger partial charge in [-0.1, -0.05) is 12.1 Å². The summed E-state index contributed by atoms with van der Waals surface area (Å²) in [6.45, 7) is 1.79. The van der Waals surface area contributed by atoms with E-state index < -0.39 is 0 Å². The highest BCUT2D eigenvalue weighted by atomic mass is 16.2. The van der Waals surface area contributed by atoms with Crippen molar-refractivity contribution in [2.45, 2.75) is 57.5 Å². The van der Waals surface area contributed by atoms with Crippen LogP contribution in [0.5, 0.6) is 0 Å². The zero-order valence-corrected chi connectivity index (χ0v) is 14.5. The first-order valence-corrected chi connectivity index (χ1v) is 9.28. The molecule has 1 aromatic heterocycles. The highest BCUT2D eigenvalue weighted by Gasteiger charge is 2.32. The van der Waals surface area contributed by atoms with Crippen molar-refractivity contribution in [2.75, 3.05) is 12.3 Å². The molecule has 25 heavy (non-hydrogen) atoms. The average Bonchev–Trinajstić information content (AvgIpc) is 3.07. The van der Waals surface area contributed by atoms with Crippen LogP contribution in [-0.4, -0.2) is 32.1 Å². The average molecular weight is 339 g/mol. The Morgan fingerprint density at radius 1 is 1.08 bits per heavy atom. The first kappa shape index (κ1) is 16.1. The van der Waals surface area contributed by atoms with Gasteiger partial charge in [-0.15, -0.1) is 10.2 Å². The maximum Gasteiger partial charge on any atom is 0.227 e. The van der Waals surface area contributed by atoms with Crippen LogP contribution in [0.1, 0.15) is 55.4 Å². The third-order valence-electron chi connectivity index (χ3n) is 5.34. The van der Waals surface area contributed by atoms with Gasteiger partial charge in [-0.05, 0) is 49.8 Å². The van der Waals surface area contributed by atoms with Gasteiger partial charge in [0.1, 0.15) is 5.82 Å². The lowest BCUT2D eigenvalue weighted by Crippen LogP contribution is -2.40. The van der Waals surface area contributed by atoms with Gasteiger partial charge >= 0.3 is 0 Å². The molecule has 2 aromatic rings. The molecule has 0 spiro atoms. The number of piperidine rings is 1. The number of hydrogen-bond donors (Lipinski definition) is 1. The van der Waals surface area contributed by atoms with Crippen molar-refractivity contribution < 1.29 is 4.79 Å². The van der Waals surface area contributed by atoms with Crippen molar-refractivity contribution in [1.29, 1.82) is 0 Å². The summed E-state index contributed by atoms with van der Waals surface area (Å²) in [5.41, 5.74) is 7.47. The van der Waals surface area contributed by atoms with Crippen LogP contribution >= 0.6 is 0 Å². The van der Waals surface area contributed by atoms with Crippen molar-refractivity contribution >= 4 is 11.6 Å². The second-order valence-corrected chi connectivity index (χ2v) is 7.10. The minimum absolute atomic E-state index is 0.0642. The molecule has 3 heterocycles. The van der Waals surface area contributed by atoms with Crippen LogP contribution < -0.4 is 5.73 Å². The molecule has 1 amide bonds. The van der Waals surface area contributed by atoms with Crippen LogP contribution in [0.4, 0.5) is 5.69 Å². The van der Waals surface area contributed by atoms with Gasteiger partial charge in [0.05, 0.1) is 12.5 Å². The first-order valence-electron chi connectivity index (χ1n) is 9.28. The maximum absolute atomic E-state index is 13.0. The van der Waals surface area contributed by atoms with Gasteiger partial charge in [-0.2, -0.15) is 0 Å². The molecule has 2 aliphatic rings. The zero-order chi connectivity index (χ0) is 17.2. The van der Waals surface area contributed by atoms with Crippen molar-refractivity contribution in [3.05, 3.63) is 41.5 Å². The van der Waals surface area contributed by atoms with E-state index in [0.717, 1.165) is 61.7 Å². The van der Waals surface area contributed by atoms with Crippen LogP contribution in [0.15, 0.2) is 24.3 Å². The molecule has 1 unspecified atom stereocenters. The van der Waals surface area contributed by atoms with E-state index in [9.17, 15) is 4.79 Å². The number of hydrogen-bond acceptors (Lipinski definition) is 4. The van der Waals surface area contributed by atoms with E-state index in [0.29, 0.717) is 6.42 Å². The van der Waals surface area contributed by atoms with Crippen molar-refractivity contribution in [3.63, 3.8) is 0 Å². The van der Waals surface area contributed by atoms with E-state index in [1.165, 1.54) is 12.8 Å². The van der Waals surface area contributed by atoms with Crippen LogP contribution in [0.3, 0.4) is 0 Å². The van der Waals surface area contributed by atoms with Gasteiger partial charge in [0.15, 0.2) is 5.82 Å². The highest BCUT2D eigenvalue weighted by Crippen LogP contribution is 2.32. The zero-order valence-electron chi connectivity index (χ0n) is 14.5. The molecule has 1 aromatic carbocycles. The molecule has 4 rings (SSSR count). The molecule has 0 saturated carbocycles. The molecular formula is C19H25N5O. The summed E-state index contributed by atoms with van der Waals surface area (Å²) in [7, 11) is 0. The van der Waals surface area contributed by atoms with E-state index in [1.807, 2.05) is 29.2 Å². The second kappa shape index (κ2) is 6.86. The van der Waals surface area contributed by atoms with Crippen LogP contribution in [0.2, 0.25) is 0 Å². The largest absolute Gasteiger partial charge is 0.399 e. The number of fused-ring (bicyclic) bond motifs is 1. The number of anilines is 1. The Morgan fingerprint density at radius 2 is 1.88 bits per heavy atom. The summed E-state index contributed by atoms with van der Waals surface area (Å²) in [6, 6.07) is 7.64. The van der Waals surface area contributed by atoms with Crippen LogP contribution in [0.25, 0.3) is 0 Å². The van der Waals surface area contributed by atoms with Gasteiger partial charge in [-0.3, -0.25) is 4.79 Å². The molecule has 132 valence electrons. The molecule has 1 atom stereocenters. The number of rotatable bonds is 3. The Labute approximate surface area is 148 Å². The number of amides is 1. The number of aromatic nitrogens is 3. The number of carbonyl (C=O) groups is 1. The number of nitrogens with zero attached hydrogens (tertiary/aromatic N) is 4. The number of carbonyl (C=O) groups excluding carboxylic acids is 1. The van der Waals surface area contributed by atoms with E-state index in [1.54, 1.807) is 0 Å². The van der Waals surface area contributed by atoms with Crippen LogP contribution in [-0.2, 0) is 24.2 Å². The summed E-state index contributed by atoms with van der Waals surface area (Å²) in [6.07, 6.45) is 6.94. The normalized spacial score (nSPS) is 20.3. The third kappa shape index (κ3) is 3.25. The highest BCUT2D eigenvalue weighted by molar-refractivity contribution is 5.79.